The van der Waals surface area contributed by atoms with E-state index in [2.05, 4.69) is 4.98 Å². The Morgan fingerprint density at radius 2 is 1.61 bits per heavy atom. The summed E-state index contributed by atoms with van der Waals surface area (Å²) in [6, 6.07) is 3.28. The summed E-state index contributed by atoms with van der Waals surface area (Å²) in [5, 5.41) is 0. The Labute approximate surface area is 192 Å². The van der Waals surface area contributed by atoms with Gasteiger partial charge in [0.2, 0.25) is 5.78 Å². The SMILES string of the molecule is CCOC(=O)c1c(C)[nH]c(C(=O)C(C)OC(=O)/C=C/c2cc(OC)c(OC)cc2OC)c1C. The van der Waals surface area contributed by atoms with Crippen molar-refractivity contribution < 1.29 is 38.1 Å². The number of Topliss-reactive ketones (excluding diaryl/α,β-unsaturated/α-hetero) is 1. The Bertz CT molecular complexity index is 1070. The lowest BCUT2D eigenvalue weighted by molar-refractivity contribution is -0.140. The molecule has 0 fully saturated rings. The lowest BCUT2D eigenvalue weighted by Gasteiger charge is -2.12. The van der Waals surface area contributed by atoms with Crippen LogP contribution in [0, 0.1) is 13.8 Å². The molecule has 9 heteroatoms. The minimum atomic E-state index is -1.08. The van der Waals surface area contributed by atoms with Gasteiger partial charge in [0, 0.05) is 23.4 Å². The first kappa shape index (κ1) is 25.5. The third kappa shape index (κ3) is 5.74. The van der Waals surface area contributed by atoms with Crippen molar-refractivity contribution in [1.29, 1.82) is 0 Å². The molecule has 1 unspecified atom stereocenters. The predicted octanol–water partition coefficient (Wildman–Crippen LogP) is 3.66. The number of carbonyl (C=O) groups excluding carboxylic acids is 3. The molecule has 2 rings (SSSR count). The standard InChI is InChI=1S/C24H29NO8/c1-8-32-24(28)21-13(2)22(25-14(21)3)23(27)15(4)33-20(26)10-9-16-11-18(30-6)19(31-7)12-17(16)29-5/h9-12,15,25H,8H2,1-7H3/b10-9+. The van der Waals surface area contributed by atoms with Crippen LogP contribution in [0.4, 0.5) is 0 Å². The van der Waals surface area contributed by atoms with Crippen LogP contribution in [0.15, 0.2) is 18.2 Å². The molecule has 0 amide bonds. The number of methoxy groups -OCH3 is 3. The number of ketones is 1. The van der Waals surface area contributed by atoms with E-state index in [1.807, 2.05) is 0 Å². The van der Waals surface area contributed by atoms with Crippen LogP contribution in [-0.4, -0.2) is 56.7 Å². The zero-order valence-corrected chi connectivity index (χ0v) is 19.9. The number of H-pyrrole nitrogens is 1. The number of aromatic nitrogens is 1. The number of hydrogen-bond donors (Lipinski definition) is 1. The first-order valence-corrected chi connectivity index (χ1v) is 10.3. The molecule has 0 bridgehead atoms. The fourth-order valence-corrected chi connectivity index (χ4v) is 3.32. The van der Waals surface area contributed by atoms with E-state index in [0.717, 1.165) is 0 Å². The van der Waals surface area contributed by atoms with Gasteiger partial charge in [-0.3, -0.25) is 4.79 Å². The minimum Gasteiger partial charge on any atom is -0.496 e. The predicted molar refractivity (Wildman–Crippen MR) is 121 cm³/mol. The average molecular weight is 459 g/mol. The molecule has 1 aromatic heterocycles. The van der Waals surface area contributed by atoms with Crippen LogP contribution in [0.5, 0.6) is 17.2 Å². The van der Waals surface area contributed by atoms with Gasteiger partial charge >= 0.3 is 11.9 Å². The third-order valence-electron chi connectivity index (χ3n) is 4.96. The summed E-state index contributed by atoms with van der Waals surface area (Å²) in [5.74, 6) is -0.295. The number of rotatable bonds is 10. The second kappa shape index (κ2) is 11.2. The summed E-state index contributed by atoms with van der Waals surface area (Å²) in [5.41, 5.74) is 2.01. The molecule has 0 aliphatic heterocycles. The molecule has 1 aromatic carbocycles. The van der Waals surface area contributed by atoms with Gasteiger partial charge in [-0.2, -0.15) is 0 Å². The smallest absolute Gasteiger partial charge is 0.340 e. The zero-order chi connectivity index (χ0) is 24.7. The van der Waals surface area contributed by atoms with E-state index >= 15 is 0 Å². The average Bonchev–Trinajstić information content (AvgIpc) is 3.10. The molecule has 33 heavy (non-hydrogen) atoms. The van der Waals surface area contributed by atoms with Crippen molar-refractivity contribution in [3.63, 3.8) is 0 Å². The molecule has 0 radical (unpaired) electrons. The molecule has 1 heterocycles. The molecule has 2 aromatic rings. The molecule has 0 aliphatic carbocycles. The van der Waals surface area contributed by atoms with E-state index in [9.17, 15) is 14.4 Å². The monoisotopic (exact) mass is 459 g/mol. The van der Waals surface area contributed by atoms with E-state index in [1.165, 1.54) is 40.4 Å². The fourth-order valence-electron chi connectivity index (χ4n) is 3.32. The molecule has 178 valence electrons. The first-order valence-electron chi connectivity index (χ1n) is 10.3. The van der Waals surface area contributed by atoms with Crippen LogP contribution < -0.4 is 14.2 Å². The molecule has 1 atom stereocenters. The molecule has 1 N–H and O–H groups in total. The van der Waals surface area contributed by atoms with Crippen molar-refractivity contribution in [2.45, 2.75) is 33.8 Å². The molecular weight excluding hydrogens is 430 g/mol. The Balaban J connectivity index is 2.17. The number of nitrogens with one attached hydrogen (secondary N) is 1. The molecule has 0 aliphatic rings. The second-order valence-corrected chi connectivity index (χ2v) is 7.07. The van der Waals surface area contributed by atoms with Crippen LogP contribution in [0.25, 0.3) is 6.08 Å². The highest BCUT2D eigenvalue weighted by Crippen LogP contribution is 2.35. The molecule has 9 nitrogen and oxygen atoms in total. The number of carbonyl (C=O) groups is 3. The van der Waals surface area contributed by atoms with Crippen molar-refractivity contribution >= 4 is 23.8 Å². The number of aryl methyl sites for hydroxylation is 1. The van der Waals surface area contributed by atoms with Gasteiger partial charge in [-0.1, -0.05) is 0 Å². The van der Waals surface area contributed by atoms with Gasteiger partial charge in [-0.25, -0.2) is 9.59 Å². The van der Waals surface area contributed by atoms with Crippen LogP contribution in [0.2, 0.25) is 0 Å². The van der Waals surface area contributed by atoms with E-state index in [4.69, 9.17) is 23.7 Å². The van der Waals surface area contributed by atoms with Gasteiger partial charge in [-0.15, -0.1) is 0 Å². The van der Waals surface area contributed by atoms with Gasteiger partial charge in [-0.05, 0) is 45.4 Å². The van der Waals surface area contributed by atoms with Crippen molar-refractivity contribution in [2.75, 3.05) is 27.9 Å². The van der Waals surface area contributed by atoms with Gasteiger partial charge in [0.25, 0.3) is 0 Å². The van der Waals surface area contributed by atoms with Gasteiger partial charge in [0.05, 0.1) is 39.2 Å². The number of ether oxygens (including phenoxy) is 5. The summed E-state index contributed by atoms with van der Waals surface area (Å²) >= 11 is 0. The maximum Gasteiger partial charge on any atom is 0.340 e. The van der Waals surface area contributed by atoms with Gasteiger partial charge in [0.1, 0.15) is 5.75 Å². The van der Waals surface area contributed by atoms with E-state index in [1.54, 1.807) is 32.9 Å². The molecule has 0 saturated heterocycles. The Morgan fingerprint density at radius 3 is 2.18 bits per heavy atom. The highest BCUT2D eigenvalue weighted by molar-refractivity contribution is 6.04. The highest BCUT2D eigenvalue weighted by atomic mass is 16.5. The summed E-state index contributed by atoms with van der Waals surface area (Å²) in [7, 11) is 4.49. The Morgan fingerprint density at radius 1 is 1.00 bits per heavy atom. The summed E-state index contributed by atoms with van der Waals surface area (Å²) < 4.78 is 26.1. The number of benzene rings is 1. The highest BCUT2D eigenvalue weighted by Gasteiger charge is 2.27. The van der Waals surface area contributed by atoms with Crippen LogP contribution >= 0.6 is 0 Å². The van der Waals surface area contributed by atoms with Crippen LogP contribution in [-0.2, 0) is 14.3 Å². The quantitative estimate of drug-likeness (QED) is 0.325. The van der Waals surface area contributed by atoms with Gasteiger partial charge in [0.15, 0.2) is 17.6 Å². The van der Waals surface area contributed by atoms with E-state index in [-0.39, 0.29) is 12.3 Å². The summed E-state index contributed by atoms with van der Waals surface area (Å²) in [6.45, 7) is 6.70. The maximum atomic E-state index is 12.8. The third-order valence-corrected chi connectivity index (χ3v) is 4.96. The van der Waals surface area contributed by atoms with Crippen LogP contribution in [0.1, 0.15) is 51.5 Å². The maximum absolute atomic E-state index is 12.8. The fraction of sp³-hybridized carbons (Fsp3) is 0.375. The number of esters is 2. The largest absolute Gasteiger partial charge is 0.496 e. The Hall–Kier alpha value is -3.75. The van der Waals surface area contributed by atoms with E-state index < -0.39 is 23.8 Å². The van der Waals surface area contributed by atoms with Crippen molar-refractivity contribution in [3.05, 3.63) is 46.3 Å². The summed E-state index contributed by atoms with van der Waals surface area (Å²) in [4.78, 5) is 40.2. The lowest BCUT2D eigenvalue weighted by atomic mass is 10.1. The van der Waals surface area contributed by atoms with Crippen molar-refractivity contribution in [2.24, 2.45) is 0 Å². The molecule has 0 saturated carbocycles. The second-order valence-electron chi connectivity index (χ2n) is 7.07. The lowest BCUT2D eigenvalue weighted by Crippen LogP contribution is -2.24. The normalized spacial score (nSPS) is 11.7. The van der Waals surface area contributed by atoms with Crippen LogP contribution in [0.3, 0.4) is 0 Å². The van der Waals surface area contributed by atoms with E-state index in [0.29, 0.717) is 39.6 Å². The summed E-state index contributed by atoms with van der Waals surface area (Å²) in [6.07, 6.45) is 1.59. The molecular formula is C24H29NO8. The molecule has 0 spiro atoms. The first-order chi connectivity index (χ1) is 15.7. The topological polar surface area (TPSA) is 113 Å². The number of aromatic amines is 1. The zero-order valence-electron chi connectivity index (χ0n) is 19.9. The Kier molecular flexibility index (Phi) is 8.67. The van der Waals surface area contributed by atoms with Crippen molar-refractivity contribution in [3.8, 4) is 17.2 Å². The minimum absolute atomic E-state index is 0.196. The number of hydrogen-bond acceptors (Lipinski definition) is 8. The van der Waals surface area contributed by atoms with Crippen molar-refractivity contribution in [1.82, 2.24) is 4.98 Å². The van der Waals surface area contributed by atoms with Gasteiger partial charge < -0.3 is 28.7 Å².